The van der Waals surface area contributed by atoms with Crippen LogP contribution in [0.5, 0.6) is 0 Å². The predicted molar refractivity (Wildman–Crippen MR) is 57.3 cm³/mol. The quantitative estimate of drug-likeness (QED) is 0.565. The second-order valence-electron chi connectivity index (χ2n) is 2.73. The van der Waals surface area contributed by atoms with Gasteiger partial charge >= 0.3 is 0 Å². The first kappa shape index (κ1) is 10.9. The maximum Gasteiger partial charge on any atom is 0.296 e. The largest absolute Gasteiger partial charge is 0.296 e. The first-order valence-corrected chi connectivity index (χ1v) is 5.33. The van der Waals surface area contributed by atoms with Gasteiger partial charge in [0.25, 0.3) is 5.91 Å². The van der Waals surface area contributed by atoms with E-state index in [1.807, 2.05) is 24.3 Å². The van der Waals surface area contributed by atoms with Gasteiger partial charge in [-0.1, -0.05) is 25.1 Å². The van der Waals surface area contributed by atoms with Crippen LogP contribution in [-0.4, -0.2) is 11.7 Å². The lowest BCUT2D eigenvalue weighted by Gasteiger charge is -2.04. The number of carbonyl (C=O) groups is 1. The summed E-state index contributed by atoms with van der Waals surface area (Å²) in [7, 11) is 0. The van der Waals surface area contributed by atoms with Gasteiger partial charge in [0, 0.05) is 10.1 Å². The van der Waals surface area contributed by atoms with Crippen molar-refractivity contribution in [2.45, 2.75) is 18.2 Å². The zero-order valence-corrected chi connectivity index (χ0v) is 8.71. The monoisotopic (exact) mass is 209 g/mol. The fourth-order valence-electron chi connectivity index (χ4n) is 1.10. The van der Waals surface area contributed by atoms with Crippen molar-refractivity contribution in [2.75, 3.05) is 5.75 Å². The molecule has 0 saturated heterocycles. The van der Waals surface area contributed by atoms with E-state index >= 15 is 0 Å². The fraction of sp³-hybridized carbons (Fsp3) is 0.300. The number of carbonyl (C=O) groups excluding carboxylic acids is 1. The van der Waals surface area contributed by atoms with Gasteiger partial charge in [0.2, 0.25) is 0 Å². The first-order chi connectivity index (χ1) is 6.77. The normalized spacial score (nSPS) is 9.79. The van der Waals surface area contributed by atoms with E-state index in [1.165, 1.54) is 17.3 Å². The minimum Gasteiger partial charge on any atom is -0.268 e. The lowest BCUT2D eigenvalue weighted by molar-refractivity contribution is -0.115. The number of benzene rings is 1. The van der Waals surface area contributed by atoms with E-state index in [0.717, 1.165) is 11.3 Å². The average molecular weight is 209 g/mol. The highest BCUT2D eigenvalue weighted by Gasteiger charge is 2.04. The number of hydrogen-bond donors (Lipinski definition) is 0. The van der Waals surface area contributed by atoms with E-state index in [1.54, 1.807) is 0 Å². The van der Waals surface area contributed by atoms with Gasteiger partial charge in [-0.05, 0) is 18.1 Å². The molecule has 0 aliphatic carbocycles. The first-order valence-electron chi connectivity index (χ1n) is 4.34. The van der Waals surface area contributed by atoms with Gasteiger partial charge in [-0.25, -0.2) is 0 Å². The van der Waals surface area contributed by atoms with Gasteiger partial charge in [0.1, 0.15) is 0 Å². The van der Waals surface area contributed by atoms with Crippen LogP contribution in [0, 0.1) is 4.91 Å². The smallest absolute Gasteiger partial charge is 0.268 e. The van der Waals surface area contributed by atoms with Crippen LogP contribution < -0.4 is 0 Å². The molecule has 0 unspecified atom stereocenters. The molecule has 0 aromatic heterocycles. The summed E-state index contributed by atoms with van der Waals surface area (Å²) in [4.78, 5) is 21.6. The van der Waals surface area contributed by atoms with Gasteiger partial charge in [0.15, 0.2) is 0 Å². The van der Waals surface area contributed by atoms with E-state index in [0.29, 0.717) is 0 Å². The molecule has 0 radical (unpaired) electrons. The van der Waals surface area contributed by atoms with Crippen molar-refractivity contribution in [3.63, 3.8) is 0 Å². The van der Waals surface area contributed by atoms with E-state index < -0.39 is 5.91 Å². The van der Waals surface area contributed by atoms with Crippen LogP contribution in [0.3, 0.4) is 0 Å². The number of hydrogen-bond acceptors (Lipinski definition) is 3. The number of thioether (sulfide) groups is 1. The molecule has 0 fully saturated rings. The molecule has 4 heteroatoms. The minimum absolute atomic E-state index is 0.126. The maximum absolute atomic E-state index is 10.7. The third-order valence-corrected chi connectivity index (χ3v) is 2.91. The Labute approximate surface area is 86.9 Å². The third kappa shape index (κ3) is 2.96. The summed E-state index contributed by atoms with van der Waals surface area (Å²) in [6.07, 6.45) is 0.923. The van der Waals surface area contributed by atoms with Crippen molar-refractivity contribution in [3.8, 4) is 0 Å². The van der Waals surface area contributed by atoms with Crippen molar-refractivity contribution in [1.82, 2.24) is 0 Å². The zero-order valence-electron chi connectivity index (χ0n) is 7.90. The second-order valence-corrected chi connectivity index (χ2v) is 3.75. The molecule has 3 nitrogen and oxygen atoms in total. The van der Waals surface area contributed by atoms with Gasteiger partial charge in [0.05, 0.1) is 5.75 Å². The zero-order chi connectivity index (χ0) is 10.4. The molecular weight excluding hydrogens is 198 g/mol. The van der Waals surface area contributed by atoms with E-state index in [2.05, 4.69) is 12.1 Å². The molecule has 74 valence electrons. The summed E-state index contributed by atoms with van der Waals surface area (Å²) in [5.41, 5.74) is 1.19. The number of nitrogens with zero attached hydrogens (tertiary/aromatic N) is 1. The average Bonchev–Trinajstić information content (AvgIpc) is 2.26. The maximum atomic E-state index is 10.7. The highest BCUT2D eigenvalue weighted by molar-refractivity contribution is 8.00. The molecule has 0 N–H and O–H groups in total. The molecule has 14 heavy (non-hydrogen) atoms. The number of nitroso groups, excluding NO2 is 1. The van der Waals surface area contributed by atoms with Crippen molar-refractivity contribution in [2.24, 2.45) is 5.18 Å². The molecule has 0 atom stereocenters. The lowest BCUT2D eigenvalue weighted by atomic mass is 10.2. The summed E-state index contributed by atoms with van der Waals surface area (Å²) >= 11 is 1.36. The lowest BCUT2D eigenvalue weighted by Crippen LogP contribution is -1.96. The SMILES string of the molecule is CCc1ccccc1SCC(=O)N=O. The summed E-state index contributed by atoms with van der Waals surface area (Å²) in [5, 5.41) is 2.35. The molecule has 0 spiro atoms. The highest BCUT2D eigenvalue weighted by Crippen LogP contribution is 2.22. The van der Waals surface area contributed by atoms with Crippen molar-refractivity contribution >= 4 is 17.7 Å². The Morgan fingerprint density at radius 2 is 2.14 bits per heavy atom. The molecule has 1 amide bonds. The third-order valence-electron chi connectivity index (χ3n) is 1.81. The molecule has 0 aliphatic heterocycles. The van der Waals surface area contributed by atoms with Crippen LogP contribution in [0.1, 0.15) is 12.5 Å². The molecule has 1 aromatic rings. The van der Waals surface area contributed by atoms with Crippen LogP contribution in [0.25, 0.3) is 0 Å². The topological polar surface area (TPSA) is 46.5 Å². The number of amides is 1. The van der Waals surface area contributed by atoms with E-state index in [-0.39, 0.29) is 5.75 Å². The van der Waals surface area contributed by atoms with Gasteiger partial charge < -0.3 is 0 Å². The summed E-state index contributed by atoms with van der Waals surface area (Å²) in [6, 6.07) is 7.84. The number of aryl methyl sites for hydroxylation is 1. The molecular formula is C10H11NO2S. The standard InChI is InChI=1S/C10H11NO2S/c1-2-8-5-3-4-6-9(8)14-7-10(12)11-13/h3-6H,2,7H2,1H3. The second kappa shape index (κ2) is 5.54. The summed E-state index contributed by atoms with van der Waals surface area (Å²) < 4.78 is 0. The van der Waals surface area contributed by atoms with Crippen LogP contribution in [0.2, 0.25) is 0 Å². The Bertz CT molecular complexity index is 339. The van der Waals surface area contributed by atoms with Gasteiger partial charge in [-0.3, -0.25) is 4.79 Å². The minimum atomic E-state index is -0.610. The van der Waals surface area contributed by atoms with E-state index in [4.69, 9.17) is 0 Å². The summed E-state index contributed by atoms with van der Waals surface area (Å²) in [5.74, 6) is -0.485. The van der Waals surface area contributed by atoms with Crippen LogP contribution in [0.15, 0.2) is 34.3 Å². The number of rotatable bonds is 4. The molecule has 1 aromatic carbocycles. The molecule has 0 bridgehead atoms. The predicted octanol–water partition coefficient (Wildman–Crippen LogP) is 2.63. The van der Waals surface area contributed by atoms with Crippen molar-refractivity contribution in [1.29, 1.82) is 0 Å². The van der Waals surface area contributed by atoms with Crippen molar-refractivity contribution in [3.05, 3.63) is 34.7 Å². The molecule has 0 heterocycles. The van der Waals surface area contributed by atoms with Crippen LogP contribution in [-0.2, 0) is 11.2 Å². The van der Waals surface area contributed by atoms with Crippen LogP contribution >= 0.6 is 11.8 Å². The van der Waals surface area contributed by atoms with Gasteiger partial charge in [-0.2, -0.15) is 0 Å². The molecule has 0 saturated carbocycles. The van der Waals surface area contributed by atoms with Crippen molar-refractivity contribution < 1.29 is 4.79 Å². The summed E-state index contributed by atoms with van der Waals surface area (Å²) in [6.45, 7) is 2.05. The Morgan fingerprint density at radius 3 is 2.79 bits per heavy atom. The van der Waals surface area contributed by atoms with Crippen LogP contribution in [0.4, 0.5) is 0 Å². The highest BCUT2D eigenvalue weighted by atomic mass is 32.2. The molecule has 0 aliphatic rings. The van der Waals surface area contributed by atoms with Gasteiger partial charge in [-0.15, -0.1) is 16.7 Å². The van der Waals surface area contributed by atoms with E-state index in [9.17, 15) is 9.70 Å². The Morgan fingerprint density at radius 1 is 1.43 bits per heavy atom. The fourth-order valence-corrected chi connectivity index (χ4v) is 2.01. The Kier molecular flexibility index (Phi) is 4.32. The molecule has 1 rings (SSSR count). The Hall–Kier alpha value is -1.16. The Balaban J connectivity index is 2.66.